The van der Waals surface area contributed by atoms with Gasteiger partial charge in [-0.2, -0.15) is 13.2 Å². The lowest BCUT2D eigenvalue weighted by Crippen LogP contribution is -2.22. The van der Waals surface area contributed by atoms with Gasteiger partial charge in [-0.15, -0.1) is 0 Å². The van der Waals surface area contributed by atoms with Gasteiger partial charge in [-0.1, -0.05) is 0 Å². The second-order valence-corrected chi connectivity index (χ2v) is 5.75. The zero-order valence-electron chi connectivity index (χ0n) is 13.6. The van der Waals surface area contributed by atoms with Crippen LogP contribution in [0.1, 0.15) is 11.4 Å². The maximum Gasteiger partial charge on any atom is 0.433 e. The van der Waals surface area contributed by atoms with Crippen LogP contribution in [0.25, 0.3) is 27.8 Å². The first-order chi connectivity index (χ1) is 12.3. The summed E-state index contributed by atoms with van der Waals surface area (Å²) in [6.45, 7) is 1.63. The Morgan fingerprint density at radius 1 is 1.15 bits per heavy atom. The SMILES string of the molecule is Cc1ncncc1-n1c(=O)c2ncn(C)c2c2ccc(C(F)(F)F)nc21. The van der Waals surface area contributed by atoms with E-state index in [0.29, 0.717) is 16.6 Å². The highest BCUT2D eigenvalue weighted by molar-refractivity contribution is 6.01. The summed E-state index contributed by atoms with van der Waals surface area (Å²) >= 11 is 0. The first-order valence-electron chi connectivity index (χ1n) is 7.50. The summed E-state index contributed by atoms with van der Waals surface area (Å²) in [5.41, 5.74) is -0.577. The van der Waals surface area contributed by atoms with Crippen molar-refractivity contribution < 1.29 is 13.2 Å². The molecule has 132 valence electrons. The summed E-state index contributed by atoms with van der Waals surface area (Å²) < 4.78 is 42.2. The van der Waals surface area contributed by atoms with Gasteiger partial charge in [-0.25, -0.2) is 19.9 Å². The number of rotatable bonds is 1. The molecule has 0 N–H and O–H groups in total. The number of hydrogen-bond acceptors (Lipinski definition) is 5. The third-order valence-electron chi connectivity index (χ3n) is 4.10. The van der Waals surface area contributed by atoms with Gasteiger partial charge in [0.15, 0.2) is 5.52 Å². The number of alkyl halides is 3. The Morgan fingerprint density at radius 3 is 2.62 bits per heavy atom. The molecule has 7 nitrogen and oxygen atoms in total. The molecule has 0 aliphatic heterocycles. The lowest BCUT2D eigenvalue weighted by molar-refractivity contribution is -0.141. The number of pyridine rings is 2. The van der Waals surface area contributed by atoms with Crippen LogP contribution in [-0.4, -0.2) is 29.1 Å². The predicted octanol–water partition coefficient (Wildman–Crippen LogP) is 2.39. The lowest BCUT2D eigenvalue weighted by atomic mass is 10.2. The summed E-state index contributed by atoms with van der Waals surface area (Å²) in [5.74, 6) is 0. The topological polar surface area (TPSA) is 78.5 Å². The third-order valence-corrected chi connectivity index (χ3v) is 4.10. The van der Waals surface area contributed by atoms with E-state index < -0.39 is 17.4 Å². The molecule has 0 atom stereocenters. The van der Waals surface area contributed by atoms with E-state index in [2.05, 4.69) is 19.9 Å². The predicted molar refractivity (Wildman–Crippen MR) is 86.9 cm³/mol. The van der Waals surface area contributed by atoms with Crippen molar-refractivity contribution in [2.75, 3.05) is 0 Å². The van der Waals surface area contributed by atoms with Crippen molar-refractivity contribution in [3.63, 3.8) is 0 Å². The number of fused-ring (bicyclic) bond motifs is 3. The van der Waals surface area contributed by atoms with E-state index in [1.807, 2.05) is 0 Å². The zero-order valence-corrected chi connectivity index (χ0v) is 13.6. The number of aromatic nitrogens is 6. The summed E-state index contributed by atoms with van der Waals surface area (Å²) in [6.07, 6.45) is -0.555. The van der Waals surface area contributed by atoms with Gasteiger partial charge >= 0.3 is 6.18 Å². The Bertz CT molecular complexity index is 1220. The average molecular weight is 360 g/mol. The van der Waals surface area contributed by atoms with E-state index in [9.17, 15) is 18.0 Å². The van der Waals surface area contributed by atoms with E-state index >= 15 is 0 Å². The van der Waals surface area contributed by atoms with E-state index in [1.165, 1.54) is 24.9 Å². The van der Waals surface area contributed by atoms with Gasteiger partial charge in [0, 0.05) is 12.4 Å². The number of imidazole rings is 1. The summed E-state index contributed by atoms with van der Waals surface area (Å²) in [4.78, 5) is 28.7. The summed E-state index contributed by atoms with van der Waals surface area (Å²) in [7, 11) is 1.66. The number of hydrogen-bond donors (Lipinski definition) is 0. The highest BCUT2D eigenvalue weighted by atomic mass is 19.4. The van der Waals surface area contributed by atoms with Crippen LogP contribution < -0.4 is 5.56 Å². The van der Waals surface area contributed by atoms with E-state index in [4.69, 9.17) is 0 Å². The van der Waals surface area contributed by atoms with Crippen molar-refractivity contribution in [2.45, 2.75) is 13.1 Å². The Morgan fingerprint density at radius 2 is 1.92 bits per heavy atom. The highest BCUT2D eigenvalue weighted by Gasteiger charge is 2.33. The molecule has 0 spiro atoms. The molecule has 0 saturated carbocycles. The van der Waals surface area contributed by atoms with Crippen molar-refractivity contribution >= 4 is 22.1 Å². The van der Waals surface area contributed by atoms with Crippen LogP contribution in [-0.2, 0) is 13.2 Å². The number of aryl methyl sites for hydroxylation is 2. The molecule has 26 heavy (non-hydrogen) atoms. The van der Waals surface area contributed by atoms with E-state index in [0.717, 1.165) is 10.6 Å². The maximum atomic E-state index is 13.2. The van der Waals surface area contributed by atoms with Gasteiger partial charge in [-0.3, -0.25) is 9.36 Å². The van der Waals surface area contributed by atoms with Crippen LogP contribution in [0.5, 0.6) is 0 Å². The van der Waals surface area contributed by atoms with Crippen LogP contribution in [0.3, 0.4) is 0 Å². The summed E-state index contributed by atoms with van der Waals surface area (Å²) in [6, 6.07) is 2.18. The minimum absolute atomic E-state index is 0.126. The Labute approximate surface area is 143 Å². The molecule has 0 aliphatic rings. The lowest BCUT2D eigenvalue weighted by Gasteiger charge is -2.14. The Kier molecular flexibility index (Phi) is 3.33. The molecule has 0 unspecified atom stereocenters. The van der Waals surface area contributed by atoms with Gasteiger partial charge in [0.2, 0.25) is 0 Å². The smallest absolute Gasteiger partial charge is 0.333 e. The highest BCUT2D eigenvalue weighted by Crippen LogP contribution is 2.31. The first-order valence-corrected chi connectivity index (χ1v) is 7.50. The van der Waals surface area contributed by atoms with Crippen LogP contribution in [0, 0.1) is 6.92 Å². The normalized spacial score (nSPS) is 12.2. The molecule has 0 radical (unpaired) electrons. The fourth-order valence-electron chi connectivity index (χ4n) is 2.89. The van der Waals surface area contributed by atoms with Crippen molar-refractivity contribution in [1.29, 1.82) is 0 Å². The molecule has 0 amide bonds. The van der Waals surface area contributed by atoms with Crippen molar-refractivity contribution in [2.24, 2.45) is 7.05 Å². The molecule has 4 rings (SSSR count). The second kappa shape index (κ2) is 5.35. The quantitative estimate of drug-likeness (QED) is 0.521. The molecule has 10 heteroatoms. The number of halogens is 3. The minimum atomic E-state index is -4.64. The van der Waals surface area contributed by atoms with E-state index in [1.54, 1.807) is 18.5 Å². The standard InChI is InChI=1S/C16H11F3N6O/c1-8-10(5-20-6-21-8)25-14-9(3-4-11(23-14)16(17,18)19)13-12(15(25)26)22-7-24(13)2/h3-7H,1-2H3. The van der Waals surface area contributed by atoms with Gasteiger partial charge in [0.25, 0.3) is 5.56 Å². The molecular formula is C16H11F3N6O. The first kappa shape index (κ1) is 16.2. The van der Waals surface area contributed by atoms with E-state index in [-0.39, 0.29) is 16.9 Å². The van der Waals surface area contributed by atoms with Gasteiger partial charge in [-0.05, 0) is 19.1 Å². The molecule has 4 heterocycles. The third kappa shape index (κ3) is 2.25. The van der Waals surface area contributed by atoms with Gasteiger partial charge < -0.3 is 4.57 Å². The molecule has 0 fully saturated rings. The maximum absolute atomic E-state index is 13.2. The molecule has 4 aromatic rings. The summed E-state index contributed by atoms with van der Waals surface area (Å²) in [5, 5.41) is 0.371. The van der Waals surface area contributed by atoms with Gasteiger partial charge in [0.1, 0.15) is 17.7 Å². The fourth-order valence-corrected chi connectivity index (χ4v) is 2.89. The van der Waals surface area contributed by atoms with Crippen LogP contribution in [0.15, 0.2) is 35.8 Å². The number of nitrogens with zero attached hydrogens (tertiary/aromatic N) is 6. The molecule has 0 bridgehead atoms. The minimum Gasteiger partial charge on any atom is -0.333 e. The monoisotopic (exact) mass is 360 g/mol. The van der Waals surface area contributed by atoms with Crippen LogP contribution in [0.2, 0.25) is 0 Å². The molecular weight excluding hydrogens is 349 g/mol. The van der Waals surface area contributed by atoms with Crippen LogP contribution in [0.4, 0.5) is 13.2 Å². The fraction of sp³-hybridized carbons (Fsp3) is 0.188. The Balaban J connectivity index is 2.26. The van der Waals surface area contributed by atoms with Crippen molar-refractivity contribution in [3.05, 3.63) is 52.7 Å². The molecule has 4 aromatic heterocycles. The second-order valence-electron chi connectivity index (χ2n) is 5.75. The molecule has 0 aromatic carbocycles. The van der Waals surface area contributed by atoms with Gasteiger partial charge in [0.05, 0.1) is 29.4 Å². The Hall–Kier alpha value is -3.30. The molecule has 0 aliphatic carbocycles. The zero-order chi connectivity index (χ0) is 18.6. The van der Waals surface area contributed by atoms with Crippen molar-refractivity contribution in [3.8, 4) is 5.69 Å². The van der Waals surface area contributed by atoms with Crippen LogP contribution >= 0.6 is 0 Å². The molecule has 0 saturated heterocycles. The largest absolute Gasteiger partial charge is 0.433 e. The van der Waals surface area contributed by atoms with Crippen molar-refractivity contribution in [1.82, 2.24) is 29.1 Å². The average Bonchev–Trinajstić information content (AvgIpc) is 2.98.